The van der Waals surface area contributed by atoms with Gasteiger partial charge in [0.1, 0.15) is 11.6 Å². The molecule has 0 unspecified atom stereocenters. The fourth-order valence-electron chi connectivity index (χ4n) is 3.93. The molecule has 0 saturated carbocycles. The van der Waals surface area contributed by atoms with Crippen molar-refractivity contribution in [2.45, 2.75) is 26.2 Å². The van der Waals surface area contributed by atoms with Gasteiger partial charge in [-0.05, 0) is 61.4 Å². The summed E-state index contributed by atoms with van der Waals surface area (Å²) in [5.41, 5.74) is 3.55. The van der Waals surface area contributed by atoms with E-state index < -0.39 is 0 Å². The van der Waals surface area contributed by atoms with Crippen molar-refractivity contribution in [3.8, 4) is 5.75 Å². The van der Waals surface area contributed by atoms with E-state index in [9.17, 15) is 14.0 Å². The van der Waals surface area contributed by atoms with Gasteiger partial charge in [0.15, 0.2) is 5.78 Å². The number of hydrogen-bond acceptors (Lipinski definition) is 3. The van der Waals surface area contributed by atoms with Gasteiger partial charge in [-0.2, -0.15) is 0 Å². The number of carbonyl (C=O) groups excluding carboxylic acids is 2. The molecule has 31 heavy (non-hydrogen) atoms. The molecule has 6 heteroatoms. The Morgan fingerprint density at radius 2 is 1.94 bits per heavy atom. The molecule has 0 fully saturated rings. The second-order valence-electron chi connectivity index (χ2n) is 7.59. The van der Waals surface area contributed by atoms with Gasteiger partial charge in [-0.3, -0.25) is 9.59 Å². The Morgan fingerprint density at radius 1 is 1.13 bits per heavy atom. The number of ketones is 1. The first-order valence-electron chi connectivity index (χ1n) is 10.5. The van der Waals surface area contributed by atoms with Crippen molar-refractivity contribution in [3.05, 3.63) is 71.7 Å². The number of ether oxygens (including phenoxy) is 1. The smallest absolute Gasteiger partial charge is 0.223 e. The van der Waals surface area contributed by atoms with E-state index in [4.69, 9.17) is 4.74 Å². The summed E-state index contributed by atoms with van der Waals surface area (Å²) in [6.45, 7) is 3.60. The van der Waals surface area contributed by atoms with Crippen LogP contribution in [0.25, 0.3) is 16.5 Å². The normalized spacial score (nSPS) is 13.9. The van der Waals surface area contributed by atoms with Gasteiger partial charge in [0, 0.05) is 54.2 Å². The molecular formula is C25H25FN2O3. The zero-order valence-electron chi connectivity index (χ0n) is 17.5. The van der Waals surface area contributed by atoms with Gasteiger partial charge < -0.3 is 14.6 Å². The SMILES string of the molecule is CCOc1ccc(C(=O)CCC(=O)N2CC=C(c3c[nH]c4cc(F)ccc34)CC2)cc1. The molecule has 1 N–H and O–H groups in total. The summed E-state index contributed by atoms with van der Waals surface area (Å²) in [4.78, 5) is 29.9. The van der Waals surface area contributed by atoms with Crippen LogP contribution in [-0.4, -0.2) is 41.3 Å². The fraction of sp³-hybridized carbons (Fsp3) is 0.280. The van der Waals surface area contributed by atoms with Crippen molar-refractivity contribution in [1.82, 2.24) is 9.88 Å². The van der Waals surface area contributed by atoms with E-state index in [1.807, 2.05) is 19.2 Å². The van der Waals surface area contributed by atoms with Crippen LogP contribution in [0.5, 0.6) is 5.75 Å². The lowest BCUT2D eigenvalue weighted by molar-refractivity contribution is -0.130. The average Bonchev–Trinajstić information content (AvgIpc) is 3.21. The van der Waals surface area contributed by atoms with Gasteiger partial charge in [0.05, 0.1) is 6.61 Å². The minimum atomic E-state index is -0.268. The average molecular weight is 420 g/mol. The van der Waals surface area contributed by atoms with E-state index in [-0.39, 0.29) is 30.3 Å². The van der Waals surface area contributed by atoms with Crippen LogP contribution in [0.4, 0.5) is 4.39 Å². The maximum absolute atomic E-state index is 13.4. The highest BCUT2D eigenvalue weighted by molar-refractivity contribution is 5.98. The van der Waals surface area contributed by atoms with Crippen LogP contribution in [0.1, 0.15) is 42.1 Å². The van der Waals surface area contributed by atoms with Gasteiger partial charge in [-0.1, -0.05) is 6.08 Å². The van der Waals surface area contributed by atoms with Crippen LogP contribution in [0, 0.1) is 5.82 Å². The highest BCUT2D eigenvalue weighted by atomic mass is 19.1. The van der Waals surface area contributed by atoms with E-state index in [1.165, 1.54) is 12.1 Å². The summed E-state index contributed by atoms with van der Waals surface area (Å²) in [5, 5.41) is 0.980. The largest absolute Gasteiger partial charge is 0.494 e. The molecule has 2 aromatic carbocycles. The molecule has 5 nitrogen and oxygen atoms in total. The molecule has 1 aromatic heterocycles. The molecular weight excluding hydrogens is 395 g/mol. The predicted octanol–water partition coefficient (Wildman–Crippen LogP) is 4.98. The van der Waals surface area contributed by atoms with Gasteiger partial charge in [-0.25, -0.2) is 4.39 Å². The Morgan fingerprint density at radius 3 is 2.65 bits per heavy atom. The number of aromatic nitrogens is 1. The number of nitrogens with zero attached hydrogens (tertiary/aromatic N) is 1. The Labute approximate surface area is 180 Å². The number of rotatable bonds is 7. The standard InChI is InChI=1S/C25H25FN2O3/c1-2-31-20-6-3-18(4-7-20)24(29)9-10-25(30)28-13-11-17(12-14-28)22-16-27-23-15-19(26)5-8-21(22)23/h3-8,11,15-16,27H,2,9-10,12-14H2,1H3. The molecule has 0 saturated heterocycles. The number of Topliss-reactive ketones (excluding diaryl/α,β-unsaturated/α-hetero) is 1. The minimum Gasteiger partial charge on any atom is -0.494 e. The van der Waals surface area contributed by atoms with Crippen molar-refractivity contribution in [2.24, 2.45) is 0 Å². The maximum atomic E-state index is 13.4. The number of fused-ring (bicyclic) bond motifs is 1. The molecule has 0 spiro atoms. The first-order valence-corrected chi connectivity index (χ1v) is 10.5. The Hall–Kier alpha value is -3.41. The van der Waals surface area contributed by atoms with Crippen LogP contribution >= 0.6 is 0 Å². The van der Waals surface area contributed by atoms with E-state index in [2.05, 4.69) is 4.98 Å². The lowest BCUT2D eigenvalue weighted by Gasteiger charge is -2.26. The molecule has 3 aromatic rings. The van der Waals surface area contributed by atoms with Crippen molar-refractivity contribution < 1.29 is 18.7 Å². The molecule has 4 rings (SSSR count). The summed E-state index contributed by atoms with van der Waals surface area (Å²) in [6, 6.07) is 11.7. The fourth-order valence-corrected chi connectivity index (χ4v) is 3.93. The highest BCUT2D eigenvalue weighted by Gasteiger charge is 2.20. The third-order valence-electron chi connectivity index (χ3n) is 5.60. The first-order chi connectivity index (χ1) is 15.0. The molecule has 0 aliphatic carbocycles. The van der Waals surface area contributed by atoms with Crippen LogP contribution in [0.2, 0.25) is 0 Å². The quantitative estimate of drug-likeness (QED) is 0.548. The first kappa shape index (κ1) is 20.8. The summed E-state index contributed by atoms with van der Waals surface area (Å²) < 4.78 is 18.8. The number of hydrogen-bond donors (Lipinski definition) is 1. The van der Waals surface area contributed by atoms with E-state index in [1.54, 1.807) is 35.2 Å². The monoisotopic (exact) mass is 420 g/mol. The topological polar surface area (TPSA) is 62.4 Å². The number of benzene rings is 2. The molecule has 1 aliphatic heterocycles. The summed E-state index contributed by atoms with van der Waals surface area (Å²) in [5.74, 6) is 0.396. The van der Waals surface area contributed by atoms with Gasteiger partial charge >= 0.3 is 0 Å². The summed E-state index contributed by atoms with van der Waals surface area (Å²) >= 11 is 0. The summed E-state index contributed by atoms with van der Waals surface area (Å²) in [6.07, 6.45) is 5.04. The zero-order chi connectivity index (χ0) is 21.8. The van der Waals surface area contributed by atoms with Crippen LogP contribution in [0.15, 0.2) is 54.7 Å². The van der Waals surface area contributed by atoms with Crippen LogP contribution in [-0.2, 0) is 4.79 Å². The molecule has 0 bridgehead atoms. The zero-order valence-corrected chi connectivity index (χ0v) is 17.5. The lowest BCUT2D eigenvalue weighted by atomic mass is 9.98. The van der Waals surface area contributed by atoms with E-state index >= 15 is 0 Å². The highest BCUT2D eigenvalue weighted by Crippen LogP contribution is 2.29. The summed E-state index contributed by atoms with van der Waals surface area (Å²) in [7, 11) is 0. The van der Waals surface area contributed by atoms with Crippen molar-refractivity contribution in [1.29, 1.82) is 0 Å². The predicted molar refractivity (Wildman–Crippen MR) is 119 cm³/mol. The Kier molecular flexibility index (Phi) is 6.16. The molecule has 0 atom stereocenters. The van der Waals surface area contributed by atoms with Gasteiger partial charge in [0.2, 0.25) is 5.91 Å². The van der Waals surface area contributed by atoms with Crippen LogP contribution in [0.3, 0.4) is 0 Å². The minimum absolute atomic E-state index is 0.0180. The lowest BCUT2D eigenvalue weighted by Crippen LogP contribution is -2.34. The Bertz CT molecular complexity index is 1130. The Balaban J connectivity index is 1.33. The number of halogens is 1. The number of aromatic amines is 1. The number of nitrogens with one attached hydrogen (secondary N) is 1. The molecule has 1 aliphatic rings. The van der Waals surface area contributed by atoms with E-state index in [0.717, 1.165) is 34.2 Å². The van der Waals surface area contributed by atoms with Crippen molar-refractivity contribution >= 4 is 28.2 Å². The number of carbonyl (C=O) groups is 2. The number of amides is 1. The number of H-pyrrole nitrogens is 1. The van der Waals surface area contributed by atoms with Gasteiger partial charge in [-0.15, -0.1) is 0 Å². The third kappa shape index (κ3) is 4.68. The van der Waals surface area contributed by atoms with Crippen molar-refractivity contribution in [2.75, 3.05) is 19.7 Å². The van der Waals surface area contributed by atoms with E-state index in [0.29, 0.717) is 25.3 Å². The molecule has 160 valence electrons. The molecule has 1 amide bonds. The second kappa shape index (κ2) is 9.16. The molecule has 0 radical (unpaired) electrons. The second-order valence-corrected chi connectivity index (χ2v) is 7.59. The maximum Gasteiger partial charge on any atom is 0.223 e. The van der Waals surface area contributed by atoms with Crippen molar-refractivity contribution in [3.63, 3.8) is 0 Å². The van der Waals surface area contributed by atoms with Crippen LogP contribution < -0.4 is 4.74 Å². The van der Waals surface area contributed by atoms with Gasteiger partial charge in [0.25, 0.3) is 0 Å². The molecule has 2 heterocycles. The third-order valence-corrected chi connectivity index (χ3v) is 5.60.